The third kappa shape index (κ3) is 1.77. The van der Waals surface area contributed by atoms with E-state index >= 15 is 0 Å². The SMILES string of the molecule is CN(CC1(C(=O)O)CC1)C12CC3CC(CC(C3)C1)C2. The van der Waals surface area contributed by atoms with Gasteiger partial charge in [-0.05, 0) is 76.2 Å². The average molecular weight is 263 g/mol. The number of carboxylic acids is 1. The number of hydrogen-bond donors (Lipinski definition) is 1. The van der Waals surface area contributed by atoms with Crippen LogP contribution in [0.4, 0.5) is 0 Å². The minimum absolute atomic E-state index is 0.361. The summed E-state index contributed by atoms with van der Waals surface area (Å²) in [5.74, 6) is 2.25. The molecule has 0 aliphatic heterocycles. The highest BCUT2D eigenvalue weighted by molar-refractivity contribution is 5.78. The molecule has 106 valence electrons. The van der Waals surface area contributed by atoms with Crippen LogP contribution >= 0.6 is 0 Å². The molecule has 0 atom stereocenters. The normalized spacial score (nSPS) is 45.7. The molecule has 0 amide bonds. The molecule has 0 saturated heterocycles. The van der Waals surface area contributed by atoms with Gasteiger partial charge in [-0.25, -0.2) is 0 Å². The Labute approximate surface area is 115 Å². The third-order valence-electron chi connectivity index (χ3n) is 6.66. The Morgan fingerprint density at radius 1 is 1.11 bits per heavy atom. The summed E-state index contributed by atoms with van der Waals surface area (Å²) in [4.78, 5) is 13.9. The summed E-state index contributed by atoms with van der Waals surface area (Å²) in [5, 5.41) is 9.41. The van der Waals surface area contributed by atoms with Gasteiger partial charge in [-0.15, -0.1) is 0 Å². The van der Waals surface area contributed by atoms with Gasteiger partial charge in [0.25, 0.3) is 0 Å². The first kappa shape index (κ1) is 12.2. The molecule has 3 nitrogen and oxygen atoms in total. The predicted molar refractivity (Wildman–Crippen MR) is 72.8 cm³/mol. The smallest absolute Gasteiger partial charge is 0.310 e. The fraction of sp³-hybridized carbons (Fsp3) is 0.938. The van der Waals surface area contributed by atoms with E-state index in [4.69, 9.17) is 0 Å². The van der Waals surface area contributed by atoms with Gasteiger partial charge in [-0.1, -0.05) is 0 Å². The van der Waals surface area contributed by atoms with Gasteiger partial charge in [0, 0.05) is 12.1 Å². The maximum absolute atomic E-state index is 11.4. The van der Waals surface area contributed by atoms with Crippen molar-refractivity contribution in [3.8, 4) is 0 Å². The standard InChI is InChI=1S/C16H25NO2/c1-17(10-15(2-3-15)14(18)19)16-7-11-4-12(8-16)6-13(5-11)9-16/h11-13H,2-10H2,1H3,(H,18,19). The molecule has 5 aliphatic rings. The molecule has 5 rings (SSSR count). The molecule has 0 aromatic heterocycles. The lowest BCUT2D eigenvalue weighted by atomic mass is 9.52. The number of hydrogen-bond acceptors (Lipinski definition) is 2. The maximum atomic E-state index is 11.4. The fourth-order valence-corrected chi connectivity index (χ4v) is 5.74. The van der Waals surface area contributed by atoms with E-state index in [-0.39, 0.29) is 0 Å². The van der Waals surface area contributed by atoms with Gasteiger partial charge in [0.15, 0.2) is 0 Å². The molecule has 3 heteroatoms. The number of nitrogens with zero attached hydrogens (tertiary/aromatic N) is 1. The molecular weight excluding hydrogens is 238 g/mol. The maximum Gasteiger partial charge on any atom is 0.310 e. The van der Waals surface area contributed by atoms with E-state index in [0.29, 0.717) is 5.54 Å². The van der Waals surface area contributed by atoms with Gasteiger partial charge in [0.2, 0.25) is 0 Å². The van der Waals surface area contributed by atoms with Crippen molar-refractivity contribution in [1.82, 2.24) is 4.90 Å². The van der Waals surface area contributed by atoms with E-state index in [1.165, 1.54) is 38.5 Å². The molecular formula is C16H25NO2. The van der Waals surface area contributed by atoms with Crippen LogP contribution in [0, 0.1) is 23.2 Å². The van der Waals surface area contributed by atoms with E-state index in [1.807, 2.05) is 0 Å². The summed E-state index contributed by atoms with van der Waals surface area (Å²) < 4.78 is 0. The highest BCUT2D eigenvalue weighted by atomic mass is 16.4. The van der Waals surface area contributed by atoms with Crippen LogP contribution in [0.1, 0.15) is 51.4 Å². The molecule has 1 N–H and O–H groups in total. The Kier molecular flexibility index (Phi) is 2.41. The van der Waals surface area contributed by atoms with Crippen molar-refractivity contribution in [3.05, 3.63) is 0 Å². The number of carboxylic acid groups (broad SMARTS) is 1. The number of aliphatic carboxylic acids is 1. The Morgan fingerprint density at radius 3 is 1.95 bits per heavy atom. The minimum Gasteiger partial charge on any atom is -0.481 e. The summed E-state index contributed by atoms with van der Waals surface area (Å²) >= 11 is 0. The zero-order valence-corrected chi connectivity index (χ0v) is 11.9. The van der Waals surface area contributed by atoms with Crippen LogP contribution < -0.4 is 0 Å². The zero-order chi connectivity index (χ0) is 13.3. The summed E-state index contributed by atoms with van der Waals surface area (Å²) in [5.41, 5.74) is -0.0299. The molecule has 0 radical (unpaired) electrons. The topological polar surface area (TPSA) is 40.5 Å². The highest BCUT2D eigenvalue weighted by Gasteiger charge is 2.57. The van der Waals surface area contributed by atoms with Crippen molar-refractivity contribution in [3.63, 3.8) is 0 Å². The van der Waals surface area contributed by atoms with Gasteiger partial charge >= 0.3 is 5.97 Å². The van der Waals surface area contributed by atoms with Crippen LogP contribution in [0.15, 0.2) is 0 Å². The fourth-order valence-electron chi connectivity index (χ4n) is 5.74. The van der Waals surface area contributed by atoms with Crippen LogP contribution in [-0.2, 0) is 4.79 Å². The van der Waals surface area contributed by atoms with Crippen molar-refractivity contribution < 1.29 is 9.90 Å². The van der Waals surface area contributed by atoms with Crippen molar-refractivity contribution >= 4 is 5.97 Å². The minimum atomic E-state index is -0.566. The number of rotatable bonds is 4. The molecule has 0 aromatic carbocycles. The van der Waals surface area contributed by atoms with Crippen molar-refractivity contribution in [2.75, 3.05) is 13.6 Å². The Hall–Kier alpha value is -0.570. The monoisotopic (exact) mass is 263 g/mol. The van der Waals surface area contributed by atoms with Gasteiger partial charge in [0.1, 0.15) is 0 Å². The quantitative estimate of drug-likeness (QED) is 0.848. The highest BCUT2D eigenvalue weighted by Crippen LogP contribution is 2.58. The molecule has 19 heavy (non-hydrogen) atoms. The molecule has 0 aromatic rings. The van der Waals surface area contributed by atoms with E-state index in [2.05, 4.69) is 11.9 Å². The van der Waals surface area contributed by atoms with Crippen LogP contribution in [-0.4, -0.2) is 35.1 Å². The van der Waals surface area contributed by atoms with Crippen molar-refractivity contribution in [2.24, 2.45) is 23.2 Å². The summed E-state index contributed by atoms with van der Waals surface area (Å²) in [7, 11) is 2.20. The summed E-state index contributed by atoms with van der Waals surface area (Å²) in [6, 6.07) is 0. The second kappa shape index (κ2) is 3.75. The lowest BCUT2D eigenvalue weighted by Gasteiger charge is -2.60. The molecule has 4 bridgehead atoms. The van der Waals surface area contributed by atoms with Gasteiger partial charge in [-0.3, -0.25) is 9.69 Å². The second-order valence-electron chi connectivity index (χ2n) is 8.08. The zero-order valence-electron chi connectivity index (χ0n) is 11.9. The Balaban J connectivity index is 1.53. The molecule has 0 heterocycles. The predicted octanol–water partition coefficient (Wildman–Crippen LogP) is 2.75. The van der Waals surface area contributed by atoms with Crippen LogP contribution in [0.5, 0.6) is 0 Å². The largest absolute Gasteiger partial charge is 0.481 e. The first-order chi connectivity index (χ1) is 9.01. The van der Waals surface area contributed by atoms with Gasteiger partial charge in [-0.2, -0.15) is 0 Å². The lowest BCUT2D eigenvalue weighted by molar-refractivity contribution is -0.146. The molecule has 0 spiro atoms. The average Bonchev–Trinajstić information content (AvgIpc) is 3.08. The van der Waals surface area contributed by atoms with Crippen molar-refractivity contribution in [1.29, 1.82) is 0 Å². The lowest BCUT2D eigenvalue weighted by Crippen LogP contribution is -2.60. The molecule has 5 saturated carbocycles. The Bertz CT molecular complexity index is 378. The number of carbonyl (C=O) groups is 1. The molecule has 5 aliphatic carbocycles. The van der Waals surface area contributed by atoms with E-state index in [9.17, 15) is 9.90 Å². The van der Waals surface area contributed by atoms with E-state index in [0.717, 1.165) is 37.1 Å². The van der Waals surface area contributed by atoms with E-state index < -0.39 is 11.4 Å². The summed E-state index contributed by atoms with van der Waals surface area (Å²) in [6.45, 7) is 0.786. The first-order valence-electron chi connectivity index (χ1n) is 7.96. The molecule has 0 unspecified atom stereocenters. The summed E-state index contributed by atoms with van der Waals surface area (Å²) in [6.07, 6.45) is 10.2. The van der Waals surface area contributed by atoms with Crippen LogP contribution in [0.2, 0.25) is 0 Å². The Morgan fingerprint density at radius 2 is 1.58 bits per heavy atom. The van der Waals surface area contributed by atoms with Crippen molar-refractivity contribution in [2.45, 2.75) is 56.9 Å². The third-order valence-corrected chi connectivity index (χ3v) is 6.66. The van der Waals surface area contributed by atoms with Gasteiger partial charge in [0.05, 0.1) is 5.41 Å². The van der Waals surface area contributed by atoms with Gasteiger partial charge < -0.3 is 5.11 Å². The van der Waals surface area contributed by atoms with Crippen LogP contribution in [0.25, 0.3) is 0 Å². The first-order valence-corrected chi connectivity index (χ1v) is 7.96. The second-order valence-corrected chi connectivity index (χ2v) is 8.08. The van der Waals surface area contributed by atoms with E-state index in [1.54, 1.807) is 0 Å². The van der Waals surface area contributed by atoms with Crippen LogP contribution in [0.3, 0.4) is 0 Å². The molecule has 5 fully saturated rings.